The van der Waals surface area contributed by atoms with Gasteiger partial charge in [-0.15, -0.1) is 0 Å². The van der Waals surface area contributed by atoms with Crippen LogP contribution in [-0.2, 0) is 14.8 Å². The fourth-order valence-electron chi connectivity index (χ4n) is 5.40. The molecule has 0 bridgehead atoms. The van der Waals surface area contributed by atoms with Gasteiger partial charge in [-0.2, -0.15) is 4.31 Å². The second-order valence-corrected chi connectivity index (χ2v) is 12.4. The Morgan fingerprint density at radius 3 is 2.62 bits per heavy atom. The van der Waals surface area contributed by atoms with Crippen molar-refractivity contribution in [2.75, 3.05) is 45.2 Å². The molecule has 3 aromatic rings. The predicted molar refractivity (Wildman–Crippen MR) is 143 cm³/mol. The predicted octanol–water partition coefficient (Wildman–Crippen LogP) is 2.64. The largest absolute Gasteiger partial charge is 0.347 e. The number of hydrogen-bond acceptors (Lipinski definition) is 7. The molecule has 0 spiro atoms. The fourth-order valence-corrected chi connectivity index (χ4v) is 7.06. The van der Waals surface area contributed by atoms with E-state index >= 15 is 0 Å². The quantitative estimate of drug-likeness (QED) is 0.489. The van der Waals surface area contributed by atoms with Gasteiger partial charge in [-0.3, -0.25) is 4.79 Å². The Morgan fingerprint density at radius 1 is 1.16 bits per heavy atom. The number of fused-ring (bicyclic) bond motifs is 1. The number of sulfonamides is 1. The summed E-state index contributed by atoms with van der Waals surface area (Å²) in [5.41, 5.74) is 1.42. The van der Waals surface area contributed by atoms with Crippen molar-refractivity contribution >= 4 is 44.4 Å². The number of piperazine rings is 1. The summed E-state index contributed by atoms with van der Waals surface area (Å²) in [6, 6.07) is 8.04. The number of aromatic amines is 1. The molecule has 2 aromatic heterocycles. The van der Waals surface area contributed by atoms with E-state index in [0.29, 0.717) is 16.5 Å². The third kappa shape index (κ3) is 5.05. The van der Waals surface area contributed by atoms with Crippen molar-refractivity contribution in [3.63, 3.8) is 0 Å². The molecular weight excluding hydrogens is 514 g/mol. The maximum atomic E-state index is 13.7. The van der Waals surface area contributed by atoms with Gasteiger partial charge in [0.2, 0.25) is 11.9 Å². The first kappa shape index (κ1) is 25.9. The van der Waals surface area contributed by atoms with Crippen LogP contribution < -0.4 is 10.2 Å². The van der Waals surface area contributed by atoms with Crippen LogP contribution >= 0.6 is 11.6 Å². The molecule has 4 heterocycles. The first-order valence-corrected chi connectivity index (χ1v) is 14.3. The first-order chi connectivity index (χ1) is 17.6. The van der Waals surface area contributed by atoms with E-state index in [9.17, 15) is 13.2 Å². The highest BCUT2D eigenvalue weighted by molar-refractivity contribution is 7.89. The zero-order valence-corrected chi connectivity index (χ0v) is 22.8. The van der Waals surface area contributed by atoms with E-state index in [2.05, 4.69) is 15.3 Å². The van der Waals surface area contributed by atoms with Crippen molar-refractivity contribution in [2.45, 2.75) is 36.9 Å². The number of halogens is 1. The highest BCUT2D eigenvalue weighted by Crippen LogP contribution is 2.37. The maximum Gasteiger partial charge on any atom is 0.259 e. The molecule has 1 amide bonds. The average molecular weight is 546 g/mol. The van der Waals surface area contributed by atoms with Crippen LogP contribution in [0.1, 0.15) is 31.5 Å². The van der Waals surface area contributed by atoms with Crippen LogP contribution in [0.5, 0.6) is 0 Å². The smallest absolute Gasteiger partial charge is 0.259 e. The van der Waals surface area contributed by atoms with Crippen LogP contribution in [0.15, 0.2) is 41.6 Å². The monoisotopic (exact) mass is 545 g/mol. The lowest BCUT2D eigenvalue weighted by Gasteiger charge is -2.46. The van der Waals surface area contributed by atoms with Crippen LogP contribution in [-0.4, -0.2) is 84.8 Å². The maximum absolute atomic E-state index is 13.7. The number of carbonyl (C=O) groups is 1. The SMILES string of the molecule is CC1CN(S(=O)(=O)c2cc3ccc(Cl)cc3[nH]2)CC(=O)N1C(c1ccnc(N(C)C)n1)C1CCNCC1. The number of anilines is 1. The van der Waals surface area contributed by atoms with E-state index < -0.39 is 10.0 Å². The summed E-state index contributed by atoms with van der Waals surface area (Å²) in [7, 11) is -0.148. The molecule has 2 aliphatic heterocycles. The topological polar surface area (TPSA) is 115 Å². The molecule has 2 unspecified atom stereocenters. The number of benzene rings is 1. The Balaban J connectivity index is 1.45. The molecule has 10 nitrogen and oxygen atoms in total. The molecule has 198 valence electrons. The van der Waals surface area contributed by atoms with Gasteiger partial charge in [0, 0.05) is 48.8 Å². The number of hydrogen-bond donors (Lipinski definition) is 2. The number of rotatable bonds is 6. The zero-order valence-electron chi connectivity index (χ0n) is 21.2. The van der Waals surface area contributed by atoms with Crippen molar-refractivity contribution in [2.24, 2.45) is 5.92 Å². The Morgan fingerprint density at radius 2 is 1.92 bits per heavy atom. The molecular formula is C25H32ClN7O3S. The first-order valence-electron chi connectivity index (χ1n) is 12.5. The lowest BCUT2D eigenvalue weighted by molar-refractivity contribution is -0.142. The van der Waals surface area contributed by atoms with Gasteiger partial charge in [0.05, 0.1) is 18.3 Å². The standard InChI is InChI=1S/C25H32ClN7O3S/c1-16-14-32(37(35,36)22-12-18-4-5-19(26)13-21(18)29-22)15-23(34)33(16)24(17-6-9-27-10-7-17)20-8-11-28-25(30-20)31(2)3/h4-5,8,11-13,16-17,24,27,29H,6-7,9-10,14-15H2,1-3H3. The van der Waals surface area contributed by atoms with Crippen molar-refractivity contribution in [3.05, 3.63) is 47.2 Å². The summed E-state index contributed by atoms with van der Waals surface area (Å²) < 4.78 is 28.4. The molecule has 2 fully saturated rings. The third-order valence-corrected chi connectivity index (χ3v) is 9.19. The van der Waals surface area contributed by atoms with Gasteiger partial charge in [-0.05, 0) is 63.0 Å². The van der Waals surface area contributed by atoms with Gasteiger partial charge in [-0.25, -0.2) is 18.4 Å². The molecule has 2 aliphatic rings. The number of carbonyl (C=O) groups excluding carboxylic acids is 1. The van der Waals surface area contributed by atoms with Crippen LogP contribution in [0.25, 0.3) is 10.9 Å². The van der Waals surface area contributed by atoms with E-state index in [0.717, 1.165) is 37.0 Å². The minimum Gasteiger partial charge on any atom is -0.347 e. The molecule has 12 heteroatoms. The number of piperidine rings is 1. The summed E-state index contributed by atoms with van der Waals surface area (Å²) in [6.07, 6.45) is 3.54. The summed E-state index contributed by atoms with van der Waals surface area (Å²) in [4.78, 5) is 29.5. The summed E-state index contributed by atoms with van der Waals surface area (Å²) in [5, 5.41) is 4.71. The molecule has 2 N–H and O–H groups in total. The van der Waals surface area contributed by atoms with Gasteiger partial charge in [-0.1, -0.05) is 17.7 Å². The van der Waals surface area contributed by atoms with Crippen molar-refractivity contribution in [3.8, 4) is 0 Å². The van der Waals surface area contributed by atoms with Gasteiger partial charge >= 0.3 is 0 Å². The molecule has 0 saturated carbocycles. The lowest BCUT2D eigenvalue weighted by Crippen LogP contribution is -2.59. The van der Waals surface area contributed by atoms with Crippen LogP contribution in [0, 0.1) is 5.92 Å². The van der Waals surface area contributed by atoms with E-state index in [1.807, 2.05) is 36.9 Å². The van der Waals surface area contributed by atoms with E-state index in [1.165, 1.54) is 4.31 Å². The second kappa shape index (κ2) is 10.2. The van der Waals surface area contributed by atoms with Crippen molar-refractivity contribution in [1.82, 2.24) is 29.5 Å². The number of nitrogens with zero attached hydrogens (tertiary/aromatic N) is 5. The Labute approximate surface area is 222 Å². The molecule has 37 heavy (non-hydrogen) atoms. The summed E-state index contributed by atoms with van der Waals surface area (Å²) in [6.45, 7) is 3.61. The van der Waals surface area contributed by atoms with E-state index in [4.69, 9.17) is 16.6 Å². The highest BCUT2D eigenvalue weighted by Gasteiger charge is 2.43. The minimum absolute atomic E-state index is 0.0551. The summed E-state index contributed by atoms with van der Waals surface area (Å²) in [5.74, 6) is 0.561. The molecule has 2 atom stereocenters. The second-order valence-electron chi connectivity index (χ2n) is 10.0. The van der Waals surface area contributed by atoms with E-state index in [1.54, 1.807) is 30.5 Å². The Bertz CT molecular complexity index is 1400. The average Bonchev–Trinajstić information content (AvgIpc) is 3.31. The van der Waals surface area contributed by atoms with E-state index in [-0.39, 0.29) is 42.0 Å². The van der Waals surface area contributed by atoms with Crippen LogP contribution in [0.2, 0.25) is 5.02 Å². The minimum atomic E-state index is -3.91. The molecule has 0 aliphatic carbocycles. The van der Waals surface area contributed by atoms with Crippen molar-refractivity contribution in [1.29, 1.82) is 0 Å². The Hall–Kier alpha value is -2.73. The Kier molecular flexibility index (Phi) is 7.14. The number of amides is 1. The normalized spacial score (nSPS) is 20.9. The molecule has 1 aromatic carbocycles. The number of H-pyrrole nitrogens is 1. The molecule has 0 radical (unpaired) electrons. The molecule has 2 saturated heterocycles. The van der Waals surface area contributed by atoms with Gasteiger partial charge < -0.3 is 20.1 Å². The third-order valence-electron chi connectivity index (χ3n) is 7.22. The van der Waals surface area contributed by atoms with Gasteiger partial charge in [0.15, 0.2) is 0 Å². The van der Waals surface area contributed by atoms with Crippen LogP contribution in [0.3, 0.4) is 0 Å². The number of aromatic nitrogens is 3. The lowest BCUT2D eigenvalue weighted by atomic mass is 9.86. The zero-order chi connectivity index (χ0) is 26.3. The van der Waals surface area contributed by atoms with Crippen molar-refractivity contribution < 1.29 is 13.2 Å². The summed E-state index contributed by atoms with van der Waals surface area (Å²) >= 11 is 6.07. The van der Waals surface area contributed by atoms with Crippen LogP contribution in [0.4, 0.5) is 5.95 Å². The van der Waals surface area contributed by atoms with Gasteiger partial charge in [0.25, 0.3) is 10.0 Å². The molecule has 5 rings (SSSR count). The number of nitrogens with one attached hydrogen (secondary N) is 2. The fraction of sp³-hybridized carbons (Fsp3) is 0.480. The highest BCUT2D eigenvalue weighted by atomic mass is 35.5. The van der Waals surface area contributed by atoms with Gasteiger partial charge in [0.1, 0.15) is 5.03 Å².